The van der Waals surface area contributed by atoms with Crippen LogP contribution in [0.2, 0.25) is 0 Å². The summed E-state index contributed by atoms with van der Waals surface area (Å²) in [5.74, 6) is -3.78. The minimum atomic E-state index is -1.32. The lowest BCUT2D eigenvalue weighted by Gasteiger charge is -2.12. The minimum absolute atomic E-state index is 0.0267. The van der Waals surface area contributed by atoms with Crippen molar-refractivity contribution in [3.63, 3.8) is 0 Å². The molecule has 100 valence electrons. The van der Waals surface area contributed by atoms with Crippen LogP contribution in [0.25, 0.3) is 0 Å². The molecule has 0 saturated heterocycles. The van der Waals surface area contributed by atoms with E-state index in [9.17, 15) is 22.7 Å². The van der Waals surface area contributed by atoms with Gasteiger partial charge in [-0.15, -0.1) is 0 Å². The second-order valence-corrected chi connectivity index (χ2v) is 4.14. The standard InChI is InChI=1S/C14H10F4O/c15-10-4-9(5-11(16)7-10)13(19)6-8-2-1-3-12(17)14(8)18/h1-5,7,13,19H,6H2. The fourth-order valence-corrected chi connectivity index (χ4v) is 1.80. The molecule has 0 fully saturated rings. The van der Waals surface area contributed by atoms with Crippen LogP contribution in [0, 0.1) is 23.3 Å². The van der Waals surface area contributed by atoms with Crippen LogP contribution in [0.4, 0.5) is 17.6 Å². The highest BCUT2D eigenvalue weighted by atomic mass is 19.2. The van der Waals surface area contributed by atoms with Gasteiger partial charge in [-0.1, -0.05) is 12.1 Å². The van der Waals surface area contributed by atoms with Crippen LogP contribution >= 0.6 is 0 Å². The van der Waals surface area contributed by atoms with Crippen molar-refractivity contribution in [2.45, 2.75) is 12.5 Å². The fourth-order valence-electron chi connectivity index (χ4n) is 1.80. The van der Waals surface area contributed by atoms with E-state index in [2.05, 4.69) is 0 Å². The van der Waals surface area contributed by atoms with Gasteiger partial charge in [-0.3, -0.25) is 0 Å². The number of hydrogen-bond acceptors (Lipinski definition) is 1. The van der Waals surface area contributed by atoms with Gasteiger partial charge < -0.3 is 5.11 Å². The maximum absolute atomic E-state index is 13.4. The van der Waals surface area contributed by atoms with Gasteiger partial charge in [-0.05, 0) is 29.3 Å². The molecule has 0 bridgehead atoms. The third-order valence-corrected chi connectivity index (χ3v) is 2.71. The lowest BCUT2D eigenvalue weighted by atomic mass is 10.0. The Kier molecular flexibility index (Phi) is 3.85. The van der Waals surface area contributed by atoms with Crippen molar-refractivity contribution in [1.29, 1.82) is 0 Å². The van der Waals surface area contributed by atoms with Crippen LogP contribution in [0.3, 0.4) is 0 Å². The van der Waals surface area contributed by atoms with Gasteiger partial charge in [0.1, 0.15) is 11.6 Å². The van der Waals surface area contributed by atoms with Gasteiger partial charge in [0, 0.05) is 12.5 Å². The lowest BCUT2D eigenvalue weighted by molar-refractivity contribution is 0.176. The highest BCUT2D eigenvalue weighted by Gasteiger charge is 2.15. The SMILES string of the molecule is OC(Cc1cccc(F)c1F)c1cc(F)cc(F)c1. The van der Waals surface area contributed by atoms with Gasteiger partial charge in [0.2, 0.25) is 0 Å². The van der Waals surface area contributed by atoms with Crippen molar-refractivity contribution in [3.05, 3.63) is 70.8 Å². The average molecular weight is 270 g/mol. The molecule has 0 aliphatic carbocycles. The van der Waals surface area contributed by atoms with Crippen molar-refractivity contribution in [3.8, 4) is 0 Å². The quantitative estimate of drug-likeness (QED) is 0.846. The zero-order valence-corrected chi connectivity index (χ0v) is 9.71. The molecule has 5 heteroatoms. The van der Waals surface area contributed by atoms with Crippen molar-refractivity contribution < 1.29 is 22.7 Å². The number of rotatable bonds is 3. The predicted octanol–water partition coefficient (Wildman–Crippen LogP) is 3.52. The van der Waals surface area contributed by atoms with E-state index >= 15 is 0 Å². The first-order valence-electron chi connectivity index (χ1n) is 5.54. The molecule has 1 atom stereocenters. The summed E-state index contributed by atoms with van der Waals surface area (Å²) in [5.41, 5.74) is -0.0849. The zero-order valence-electron chi connectivity index (χ0n) is 9.71. The minimum Gasteiger partial charge on any atom is -0.388 e. The molecule has 2 aromatic rings. The first kappa shape index (κ1) is 13.5. The summed E-state index contributed by atoms with van der Waals surface area (Å²) in [6.45, 7) is 0. The Hall–Kier alpha value is -1.88. The molecule has 2 aromatic carbocycles. The molecule has 19 heavy (non-hydrogen) atoms. The van der Waals surface area contributed by atoms with Crippen LogP contribution in [0.5, 0.6) is 0 Å². The summed E-state index contributed by atoms with van der Waals surface area (Å²) >= 11 is 0. The van der Waals surface area contributed by atoms with Crippen LogP contribution < -0.4 is 0 Å². The number of hydrogen-bond donors (Lipinski definition) is 1. The normalized spacial score (nSPS) is 12.5. The molecule has 0 radical (unpaired) electrons. The molecule has 1 N–H and O–H groups in total. The Bertz CT molecular complexity index is 578. The molecule has 0 aliphatic rings. The van der Waals surface area contributed by atoms with Crippen molar-refractivity contribution in [2.75, 3.05) is 0 Å². The van der Waals surface area contributed by atoms with Crippen LogP contribution in [0.1, 0.15) is 17.2 Å². The number of halogens is 4. The molecular weight excluding hydrogens is 260 g/mol. The molecule has 0 heterocycles. The van der Waals surface area contributed by atoms with Gasteiger partial charge in [0.25, 0.3) is 0 Å². The fraction of sp³-hybridized carbons (Fsp3) is 0.143. The molecule has 0 amide bonds. The molecule has 0 aromatic heterocycles. The third-order valence-electron chi connectivity index (χ3n) is 2.71. The number of aliphatic hydroxyl groups is 1. The molecule has 1 unspecified atom stereocenters. The second kappa shape index (κ2) is 5.40. The van der Waals surface area contributed by atoms with Crippen molar-refractivity contribution in [2.24, 2.45) is 0 Å². The topological polar surface area (TPSA) is 20.2 Å². The van der Waals surface area contributed by atoms with E-state index in [0.717, 1.165) is 18.2 Å². The molecular formula is C14H10F4O. The van der Waals surface area contributed by atoms with E-state index < -0.39 is 29.4 Å². The van der Waals surface area contributed by atoms with Crippen LogP contribution in [-0.2, 0) is 6.42 Å². The first-order valence-corrected chi connectivity index (χ1v) is 5.54. The van der Waals surface area contributed by atoms with E-state index in [1.54, 1.807) is 0 Å². The summed E-state index contributed by atoms with van der Waals surface area (Å²) < 4.78 is 52.4. The van der Waals surface area contributed by atoms with E-state index in [4.69, 9.17) is 0 Å². The first-order chi connectivity index (χ1) is 8.97. The Morgan fingerprint density at radius 2 is 1.58 bits per heavy atom. The van der Waals surface area contributed by atoms with Crippen LogP contribution in [-0.4, -0.2) is 5.11 Å². The molecule has 0 aliphatic heterocycles. The van der Waals surface area contributed by atoms with E-state index in [1.165, 1.54) is 12.1 Å². The number of benzene rings is 2. The molecule has 0 spiro atoms. The smallest absolute Gasteiger partial charge is 0.162 e. The Morgan fingerprint density at radius 1 is 0.947 bits per heavy atom. The predicted molar refractivity (Wildman–Crippen MR) is 61.4 cm³/mol. The zero-order chi connectivity index (χ0) is 14.0. The average Bonchev–Trinajstić information content (AvgIpc) is 2.33. The summed E-state index contributed by atoms with van der Waals surface area (Å²) in [5, 5.41) is 9.82. The molecule has 2 rings (SSSR count). The largest absolute Gasteiger partial charge is 0.388 e. The second-order valence-electron chi connectivity index (χ2n) is 4.14. The summed E-state index contributed by atoms with van der Waals surface area (Å²) in [4.78, 5) is 0. The maximum atomic E-state index is 13.4. The van der Waals surface area contributed by atoms with Crippen molar-refractivity contribution >= 4 is 0 Å². The maximum Gasteiger partial charge on any atom is 0.162 e. The monoisotopic (exact) mass is 270 g/mol. The number of aliphatic hydroxyl groups excluding tert-OH is 1. The van der Waals surface area contributed by atoms with E-state index in [1.807, 2.05) is 0 Å². The molecule has 0 saturated carbocycles. The van der Waals surface area contributed by atoms with Gasteiger partial charge >= 0.3 is 0 Å². The van der Waals surface area contributed by atoms with E-state index in [-0.39, 0.29) is 17.5 Å². The van der Waals surface area contributed by atoms with Gasteiger partial charge in [0.05, 0.1) is 6.10 Å². The van der Waals surface area contributed by atoms with Crippen molar-refractivity contribution in [1.82, 2.24) is 0 Å². The van der Waals surface area contributed by atoms with Gasteiger partial charge in [-0.25, -0.2) is 17.6 Å². The Morgan fingerprint density at radius 3 is 2.21 bits per heavy atom. The summed E-state index contributed by atoms with van der Waals surface area (Å²) in [6, 6.07) is 6.12. The third kappa shape index (κ3) is 3.12. The van der Waals surface area contributed by atoms with Crippen LogP contribution in [0.15, 0.2) is 36.4 Å². The Balaban J connectivity index is 2.25. The summed E-state index contributed by atoms with van der Waals surface area (Å²) in [6.07, 6.45) is -1.59. The van der Waals surface area contributed by atoms with Gasteiger partial charge in [-0.2, -0.15) is 0 Å². The highest BCUT2D eigenvalue weighted by molar-refractivity contribution is 5.25. The van der Waals surface area contributed by atoms with E-state index in [0.29, 0.717) is 6.07 Å². The lowest BCUT2D eigenvalue weighted by Crippen LogP contribution is -2.05. The summed E-state index contributed by atoms with van der Waals surface area (Å²) in [7, 11) is 0. The highest BCUT2D eigenvalue weighted by Crippen LogP contribution is 2.22. The molecule has 1 nitrogen and oxygen atoms in total. The Labute approximate surface area is 107 Å². The van der Waals surface area contributed by atoms with Gasteiger partial charge in [0.15, 0.2) is 11.6 Å².